The van der Waals surface area contributed by atoms with Crippen LogP contribution in [0.4, 0.5) is 11.4 Å². The van der Waals surface area contributed by atoms with Gasteiger partial charge < -0.3 is 19.3 Å². The Balaban J connectivity index is 1.15. The molecule has 5 rings (SSSR count). The number of aryl methyl sites for hydroxylation is 1. The van der Waals surface area contributed by atoms with E-state index in [1.165, 1.54) is 29.8 Å². The molecule has 28 heavy (non-hydrogen) atoms. The number of fused-ring (bicyclic) bond motifs is 1. The number of anilines is 2. The molecule has 2 fully saturated rings. The minimum Gasteiger partial charge on any atom is -0.454 e. The van der Waals surface area contributed by atoms with E-state index in [-0.39, 0.29) is 0 Å². The lowest BCUT2D eigenvalue weighted by Crippen LogP contribution is -2.53. The second-order valence-corrected chi connectivity index (χ2v) is 7.94. The molecule has 3 aliphatic rings. The van der Waals surface area contributed by atoms with E-state index in [9.17, 15) is 0 Å². The fraction of sp³-hybridized carbons (Fsp3) is 0.500. The molecular weight excluding hydrogens is 352 g/mol. The number of rotatable bonds is 3. The molecule has 1 aromatic heterocycles. The van der Waals surface area contributed by atoms with Crippen molar-refractivity contribution in [2.75, 3.05) is 55.9 Å². The maximum Gasteiger partial charge on any atom is 0.231 e. The Morgan fingerprint density at radius 3 is 2.46 bits per heavy atom. The summed E-state index contributed by atoms with van der Waals surface area (Å²) >= 11 is 0. The highest BCUT2D eigenvalue weighted by Gasteiger charge is 2.28. The van der Waals surface area contributed by atoms with E-state index in [1.807, 2.05) is 18.5 Å². The number of hydrogen-bond donors (Lipinski definition) is 0. The van der Waals surface area contributed by atoms with Crippen molar-refractivity contribution < 1.29 is 9.47 Å². The molecule has 6 nitrogen and oxygen atoms in total. The van der Waals surface area contributed by atoms with Gasteiger partial charge in [-0.2, -0.15) is 0 Å². The second-order valence-electron chi connectivity index (χ2n) is 7.94. The van der Waals surface area contributed by atoms with Crippen LogP contribution in [0.25, 0.3) is 0 Å². The Hall–Kier alpha value is -2.47. The zero-order valence-corrected chi connectivity index (χ0v) is 16.5. The molecule has 0 radical (unpaired) electrons. The van der Waals surface area contributed by atoms with E-state index in [2.05, 4.69) is 44.8 Å². The average Bonchev–Trinajstić information content (AvgIpc) is 3.22. The number of ether oxygens (including phenoxy) is 2. The summed E-state index contributed by atoms with van der Waals surface area (Å²) in [4.78, 5) is 11.9. The van der Waals surface area contributed by atoms with Gasteiger partial charge in [-0.05, 0) is 43.5 Å². The third-order valence-electron chi connectivity index (χ3n) is 6.35. The quantitative estimate of drug-likeness (QED) is 0.816. The summed E-state index contributed by atoms with van der Waals surface area (Å²) in [5.74, 6) is 1.74. The summed E-state index contributed by atoms with van der Waals surface area (Å²) in [6.45, 7) is 9.21. The van der Waals surface area contributed by atoms with Crippen LogP contribution >= 0.6 is 0 Å². The highest BCUT2D eigenvalue weighted by atomic mass is 16.7. The molecule has 2 aromatic rings. The second kappa shape index (κ2) is 7.51. The van der Waals surface area contributed by atoms with Crippen LogP contribution in [0.15, 0.2) is 36.7 Å². The molecule has 0 bridgehead atoms. The minimum atomic E-state index is 0.339. The van der Waals surface area contributed by atoms with Crippen LogP contribution in [-0.4, -0.2) is 62.0 Å². The molecule has 0 saturated carbocycles. The topological polar surface area (TPSA) is 41.1 Å². The Bertz CT molecular complexity index is 827. The molecule has 0 unspecified atom stereocenters. The van der Waals surface area contributed by atoms with Crippen molar-refractivity contribution in [1.82, 2.24) is 9.88 Å². The Labute approximate surface area is 166 Å². The Kier molecular flexibility index (Phi) is 4.72. The van der Waals surface area contributed by atoms with E-state index in [0.29, 0.717) is 12.8 Å². The predicted molar refractivity (Wildman–Crippen MR) is 111 cm³/mol. The molecule has 0 atom stereocenters. The van der Waals surface area contributed by atoms with Gasteiger partial charge in [0.2, 0.25) is 6.79 Å². The smallest absolute Gasteiger partial charge is 0.231 e. The Morgan fingerprint density at radius 1 is 0.893 bits per heavy atom. The van der Waals surface area contributed by atoms with Gasteiger partial charge in [0.1, 0.15) is 0 Å². The first-order valence-corrected chi connectivity index (χ1v) is 10.3. The number of pyridine rings is 1. The van der Waals surface area contributed by atoms with E-state index in [0.717, 1.165) is 50.8 Å². The summed E-state index contributed by atoms with van der Waals surface area (Å²) in [5.41, 5.74) is 3.86. The molecule has 148 valence electrons. The fourth-order valence-corrected chi connectivity index (χ4v) is 4.72. The third kappa shape index (κ3) is 3.37. The Morgan fingerprint density at radius 2 is 1.68 bits per heavy atom. The number of aromatic nitrogens is 1. The van der Waals surface area contributed by atoms with E-state index >= 15 is 0 Å². The summed E-state index contributed by atoms with van der Waals surface area (Å²) in [6.07, 6.45) is 6.32. The van der Waals surface area contributed by atoms with E-state index in [4.69, 9.17) is 9.47 Å². The van der Waals surface area contributed by atoms with Crippen LogP contribution in [0.2, 0.25) is 0 Å². The average molecular weight is 380 g/mol. The standard InChI is InChI=1S/C22H28N4O2/c1-17-15-23-7-4-20(17)26-12-10-25(11-13-26)18-5-8-24(9-6-18)19-2-3-21-22(14-19)28-16-27-21/h2-4,7,14-15,18H,5-6,8-13,16H2,1H3. The highest BCUT2D eigenvalue weighted by molar-refractivity contribution is 5.57. The van der Waals surface area contributed by atoms with Crippen molar-refractivity contribution in [3.63, 3.8) is 0 Å². The van der Waals surface area contributed by atoms with E-state index < -0.39 is 0 Å². The lowest BCUT2D eigenvalue weighted by molar-refractivity contribution is 0.160. The first kappa shape index (κ1) is 17.6. The van der Waals surface area contributed by atoms with Crippen molar-refractivity contribution in [3.05, 3.63) is 42.2 Å². The maximum atomic E-state index is 5.54. The normalized spacial score (nSPS) is 20.6. The van der Waals surface area contributed by atoms with Gasteiger partial charge in [-0.3, -0.25) is 9.88 Å². The van der Waals surface area contributed by atoms with Crippen LogP contribution in [-0.2, 0) is 0 Å². The van der Waals surface area contributed by atoms with Crippen molar-refractivity contribution >= 4 is 11.4 Å². The van der Waals surface area contributed by atoms with Gasteiger partial charge in [-0.25, -0.2) is 0 Å². The molecule has 2 saturated heterocycles. The van der Waals surface area contributed by atoms with Gasteiger partial charge in [-0.1, -0.05) is 0 Å². The molecule has 1 aromatic carbocycles. The first-order valence-electron chi connectivity index (χ1n) is 10.3. The van der Waals surface area contributed by atoms with Gasteiger partial charge in [-0.15, -0.1) is 0 Å². The van der Waals surface area contributed by atoms with Gasteiger partial charge in [0.25, 0.3) is 0 Å². The number of benzene rings is 1. The van der Waals surface area contributed by atoms with Gasteiger partial charge in [0.05, 0.1) is 0 Å². The van der Waals surface area contributed by atoms with Crippen molar-refractivity contribution in [2.45, 2.75) is 25.8 Å². The zero-order chi connectivity index (χ0) is 18.9. The molecule has 0 aliphatic carbocycles. The molecule has 0 spiro atoms. The lowest BCUT2D eigenvalue weighted by Gasteiger charge is -2.44. The van der Waals surface area contributed by atoms with E-state index in [1.54, 1.807) is 0 Å². The number of nitrogens with zero attached hydrogens (tertiary/aromatic N) is 4. The van der Waals surface area contributed by atoms with Gasteiger partial charge >= 0.3 is 0 Å². The van der Waals surface area contributed by atoms with Crippen LogP contribution in [0.5, 0.6) is 11.5 Å². The minimum absolute atomic E-state index is 0.339. The zero-order valence-electron chi connectivity index (χ0n) is 16.5. The van der Waals surface area contributed by atoms with Gasteiger partial charge in [0.15, 0.2) is 11.5 Å². The first-order chi connectivity index (χ1) is 13.8. The lowest BCUT2D eigenvalue weighted by atomic mass is 10.0. The summed E-state index contributed by atoms with van der Waals surface area (Å²) < 4.78 is 11.0. The molecular formula is C22H28N4O2. The molecule has 0 amide bonds. The van der Waals surface area contributed by atoms with Crippen LogP contribution in [0.3, 0.4) is 0 Å². The van der Waals surface area contributed by atoms with Crippen molar-refractivity contribution in [1.29, 1.82) is 0 Å². The van der Waals surface area contributed by atoms with Crippen LogP contribution in [0.1, 0.15) is 18.4 Å². The SMILES string of the molecule is Cc1cnccc1N1CCN(C2CCN(c3ccc4c(c3)OCO4)CC2)CC1. The third-order valence-corrected chi connectivity index (χ3v) is 6.35. The summed E-state index contributed by atoms with van der Waals surface area (Å²) in [7, 11) is 0. The van der Waals surface area contributed by atoms with Crippen molar-refractivity contribution in [3.8, 4) is 11.5 Å². The molecule has 6 heteroatoms. The van der Waals surface area contributed by atoms with Crippen LogP contribution < -0.4 is 19.3 Å². The summed E-state index contributed by atoms with van der Waals surface area (Å²) in [5, 5.41) is 0. The molecule has 4 heterocycles. The van der Waals surface area contributed by atoms with Crippen LogP contribution in [0, 0.1) is 6.92 Å². The summed E-state index contributed by atoms with van der Waals surface area (Å²) in [6, 6.07) is 9.16. The highest BCUT2D eigenvalue weighted by Crippen LogP contribution is 2.36. The number of piperazine rings is 1. The fourth-order valence-electron chi connectivity index (χ4n) is 4.72. The molecule has 0 N–H and O–H groups in total. The van der Waals surface area contributed by atoms with Crippen molar-refractivity contribution in [2.24, 2.45) is 0 Å². The molecule has 3 aliphatic heterocycles. The number of hydrogen-bond acceptors (Lipinski definition) is 6. The maximum absolute atomic E-state index is 5.54. The number of piperidine rings is 1. The largest absolute Gasteiger partial charge is 0.454 e. The monoisotopic (exact) mass is 380 g/mol. The van der Waals surface area contributed by atoms with Gasteiger partial charge in [0, 0.05) is 75.1 Å². The predicted octanol–water partition coefficient (Wildman–Crippen LogP) is 2.91.